The first-order valence-electron chi connectivity index (χ1n) is 3.56. The molecule has 0 amide bonds. The zero-order chi connectivity index (χ0) is 8.32. The van der Waals surface area contributed by atoms with Crippen molar-refractivity contribution < 1.29 is 13.2 Å². The van der Waals surface area contributed by atoms with Gasteiger partial charge in [-0.2, -0.15) is 0 Å². The Labute approximate surface area is 74.4 Å². The number of sulfone groups is 1. The van der Waals surface area contributed by atoms with Gasteiger partial charge in [0, 0.05) is 19.3 Å². The van der Waals surface area contributed by atoms with Gasteiger partial charge in [0.15, 0.2) is 9.84 Å². The number of nitrogens with zero attached hydrogens (tertiary/aromatic N) is 1. The van der Waals surface area contributed by atoms with Crippen LogP contribution in [-0.2, 0) is 14.6 Å². The SMILES string of the molecule is C.CS(=O)(=O)CN1CCOCC1. The van der Waals surface area contributed by atoms with E-state index >= 15 is 0 Å². The number of hydrogen-bond donors (Lipinski definition) is 0. The van der Waals surface area contributed by atoms with Crippen LogP contribution in [0.25, 0.3) is 0 Å². The van der Waals surface area contributed by atoms with Crippen LogP contribution in [0.4, 0.5) is 0 Å². The van der Waals surface area contributed by atoms with Crippen molar-refractivity contribution in [2.45, 2.75) is 7.43 Å². The van der Waals surface area contributed by atoms with Crippen LogP contribution < -0.4 is 0 Å². The second kappa shape index (κ2) is 4.79. The minimum Gasteiger partial charge on any atom is -0.379 e. The number of morpholine rings is 1. The van der Waals surface area contributed by atoms with Gasteiger partial charge < -0.3 is 4.74 Å². The summed E-state index contributed by atoms with van der Waals surface area (Å²) in [5.74, 6) is 0.163. The fourth-order valence-corrected chi connectivity index (χ4v) is 1.98. The van der Waals surface area contributed by atoms with E-state index < -0.39 is 9.84 Å². The van der Waals surface area contributed by atoms with Crippen LogP contribution in [0.15, 0.2) is 0 Å². The maximum absolute atomic E-state index is 10.8. The molecule has 1 aliphatic heterocycles. The molecule has 0 N–H and O–H groups in total. The molecule has 12 heavy (non-hydrogen) atoms. The molecule has 0 bridgehead atoms. The number of rotatable bonds is 2. The van der Waals surface area contributed by atoms with Crippen molar-refractivity contribution in [3.05, 3.63) is 0 Å². The molecule has 1 saturated heterocycles. The van der Waals surface area contributed by atoms with Crippen LogP contribution in [0.1, 0.15) is 7.43 Å². The Bertz CT molecular complexity index is 207. The Balaban J connectivity index is 0.00000121. The molecule has 0 radical (unpaired) electrons. The van der Waals surface area contributed by atoms with Gasteiger partial charge in [-0.05, 0) is 0 Å². The summed E-state index contributed by atoms with van der Waals surface area (Å²) in [7, 11) is -2.85. The molecule has 0 saturated carbocycles. The standard InChI is InChI=1S/C6H13NO3S.CH4/c1-11(8,9)6-7-2-4-10-5-3-7;/h2-6H2,1H3;1H4. The van der Waals surface area contributed by atoms with Crippen LogP contribution >= 0.6 is 0 Å². The quantitative estimate of drug-likeness (QED) is 0.620. The van der Waals surface area contributed by atoms with E-state index in [0.717, 1.165) is 13.1 Å². The van der Waals surface area contributed by atoms with Gasteiger partial charge in [0.25, 0.3) is 0 Å². The topological polar surface area (TPSA) is 46.6 Å². The lowest BCUT2D eigenvalue weighted by Crippen LogP contribution is -2.39. The summed E-state index contributed by atoms with van der Waals surface area (Å²) in [6, 6.07) is 0. The van der Waals surface area contributed by atoms with E-state index in [2.05, 4.69) is 0 Å². The average Bonchev–Trinajstić information content (AvgIpc) is 1.85. The monoisotopic (exact) mass is 195 g/mol. The van der Waals surface area contributed by atoms with Gasteiger partial charge in [-0.15, -0.1) is 0 Å². The number of hydrogen-bond acceptors (Lipinski definition) is 4. The summed E-state index contributed by atoms with van der Waals surface area (Å²) < 4.78 is 26.7. The normalized spacial score (nSPS) is 20.1. The molecule has 0 unspecified atom stereocenters. The Morgan fingerprint density at radius 3 is 2.25 bits per heavy atom. The maximum Gasteiger partial charge on any atom is 0.160 e. The molecule has 1 aliphatic rings. The van der Waals surface area contributed by atoms with E-state index in [1.807, 2.05) is 4.90 Å². The highest BCUT2D eigenvalue weighted by molar-refractivity contribution is 7.90. The molecule has 74 valence electrons. The minimum atomic E-state index is -2.85. The summed E-state index contributed by atoms with van der Waals surface area (Å²) >= 11 is 0. The molecule has 1 fully saturated rings. The fraction of sp³-hybridized carbons (Fsp3) is 1.00. The van der Waals surface area contributed by atoms with E-state index in [1.165, 1.54) is 6.26 Å². The van der Waals surface area contributed by atoms with Crippen molar-refractivity contribution in [2.24, 2.45) is 0 Å². The van der Waals surface area contributed by atoms with Crippen molar-refractivity contribution in [2.75, 3.05) is 38.4 Å². The molecule has 0 atom stereocenters. The van der Waals surface area contributed by atoms with Crippen LogP contribution in [0, 0.1) is 0 Å². The Hall–Kier alpha value is -0.130. The molecule has 0 spiro atoms. The molecule has 1 heterocycles. The van der Waals surface area contributed by atoms with Gasteiger partial charge in [0.2, 0.25) is 0 Å². The molecule has 5 heteroatoms. The maximum atomic E-state index is 10.8. The smallest absolute Gasteiger partial charge is 0.160 e. The lowest BCUT2D eigenvalue weighted by atomic mass is 10.5. The average molecular weight is 195 g/mol. The molecule has 0 aromatic rings. The van der Waals surface area contributed by atoms with Crippen molar-refractivity contribution in [3.63, 3.8) is 0 Å². The Kier molecular flexibility index (Phi) is 4.74. The lowest BCUT2D eigenvalue weighted by Gasteiger charge is -2.25. The highest BCUT2D eigenvalue weighted by Gasteiger charge is 2.14. The van der Waals surface area contributed by atoms with Crippen molar-refractivity contribution in [1.82, 2.24) is 4.90 Å². The molecular weight excluding hydrogens is 178 g/mol. The van der Waals surface area contributed by atoms with Crippen molar-refractivity contribution in [1.29, 1.82) is 0 Å². The zero-order valence-corrected chi connectivity index (χ0v) is 7.43. The molecule has 0 aromatic heterocycles. The second-order valence-corrected chi connectivity index (χ2v) is 4.89. The molecule has 0 aliphatic carbocycles. The minimum absolute atomic E-state index is 0. The molecular formula is C7H17NO3S. The Morgan fingerprint density at radius 2 is 1.83 bits per heavy atom. The third-order valence-electron chi connectivity index (χ3n) is 1.52. The van der Waals surface area contributed by atoms with Gasteiger partial charge in [-0.1, -0.05) is 7.43 Å². The summed E-state index contributed by atoms with van der Waals surface area (Å²) in [5.41, 5.74) is 0. The summed E-state index contributed by atoms with van der Waals surface area (Å²) in [4.78, 5) is 1.89. The molecule has 1 rings (SSSR count). The third-order valence-corrected chi connectivity index (χ3v) is 2.35. The van der Waals surface area contributed by atoms with E-state index in [9.17, 15) is 8.42 Å². The first kappa shape index (κ1) is 11.9. The van der Waals surface area contributed by atoms with E-state index in [4.69, 9.17) is 4.74 Å². The summed E-state index contributed by atoms with van der Waals surface area (Å²) in [6.07, 6.45) is 1.25. The van der Waals surface area contributed by atoms with Crippen LogP contribution in [-0.4, -0.2) is 51.8 Å². The van der Waals surface area contributed by atoms with Gasteiger partial charge in [0.1, 0.15) is 5.88 Å². The zero-order valence-electron chi connectivity index (χ0n) is 6.62. The molecule has 0 aromatic carbocycles. The van der Waals surface area contributed by atoms with E-state index in [1.54, 1.807) is 0 Å². The highest BCUT2D eigenvalue weighted by atomic mass is 32.2. The van der Waals surface area contributed by atoms with Gasteiger partial charge in [-0.25, -0.2) is 8.42 Å². The van der Waals surface area contributed by atoms with Crippen LogP contribution in [0.5, 0.6) is 0 Å². The fourth-order valence-electron chi connectivity index (χ4n) is 1.06. The number of ether oxygens (including phenoxy) is 1. The first-order chi connectivity index (χ1) is 5.08. The van der Waals surface area contributed by atoms with Gasteiger partial charge >= 0.3 is 0 Å². The Morgan fingerprint density at radius 1 is 1.33 bits per heavy atom. The predicted octanol–water partition coefficient (Wildman–Crippen LogP) is -0.0432. The lowest BCUT2D eigenvalue weighted by molar-refractivity contribution is 0.0465. The predicted molar refractivity (Wildman–Crippen MR) is 48.8 cm³/mol. The first-order valence-corrected chi connectivity index (χ1v) is 5.62. The van der Waals surface area contributed by atoms with Gasteiger partial charge in [-0.3, -0.25) is 4.90 Å². The third kappa shape index (κ3) is 4.69. The molecule has 4 nitrogen and oxygen atoms in total. The second-order valence-electron chi connectivity index (χ2n) is 2.79. The van der Waals surface area contributed by atoms with Crippen molar-refractivity contribution >= 4 is 9.84 Å². The van der Waals surface area contributed by atoms with E-state index in [0.29, 0.717) is 13.2 Å². The van der Waals surface area contributed by atoms with Crippen LogP contribution in [0.3, 0.4) is 0 Å². The largest absolute Gasteiger partial charge is 0.379 e. The highest BCUT2D eigenvalue weighted by Crippen LogP contribution is 1.98. The summed E-state index contributed by atoms with van der Waals surface area (Å²) in [5, 5.41) is 0. The van der Waals surface area contributed by atoms with Gasteiger partial charge in [0.05, 0.1) is 13.2 Å². The van der Waals surface area contributed by atoms with Crippen LogP contribution in [0.2, 0.25) is 0 Å². The van der Waals surface area contributed by atoms with Crippen molar-refractivity contribution in [3.8, 4) is 0 Å². The summed E-state index contributed by atoms with van der Waals surface area (Å²) in [6.45, 7) is 2.76. The van der Waals surface area contributed by atoms with E-state index in [-0.39, 0.29) is 13.3 Å².